The Morgan fingerprint density at radius 3 is 2.76 bits per heavy atom. The quantitative estimate of drug-likeness (QED) is 0.903. The minimum absolute atomic E-state index is 0.280. The second-order valence-corrected chi connectivity index (χ2v) is 3.95. The molecule has 1 heterocycles. The molecular formula is C11H6Cl2N4. The number of hydrogen-bond acceptors (Lipinski definition) is 4. The van der Waals surface area contributed by atoms with E-state index >= 15 is 0 Å². The van der Waals surface area contributed by atoms with Gasteiger partial charge in [0, 0.05) is 0 Å². The van der Waals surface area contributed by atoms with E-state index in [-0.39, 0.29) is 5.15 Å². The van der Waals surface area contributed by atoms with E-state index in [9.17, 15) is 0 Å². The Hall–Kier alpha value is -1.83. The number of halogens is 2. The van der Waals surface area contributed by atoms with Crippen LogP contribution in [0.4, 0.5) is 11.5 Å². The number of benzene rings is 1. The fourth-order valence-corrected chi connectivity index (χ4v) is 1.54. The Bertz CT molecular complexity index is 592. The van der Waals surface area contributed by atoms with Crippen molar-refractivity contribution in [2.75, 3.05) is 5.32 Å². The van der Waals surface area contributed by atoms with Gasteiger partial charge in [0.2, 0.25) is 0 Å². The molecule has 17 heavy (non-hydrogen) atoms. The van der Waals surface area contributed by atoms with Gasteiger partial charge in [-0.05, 0) is 18.2 Å². The van der Waals surface area contributed by atoms with Crippen molar-refractivity contribution < 1.29 is 0 Å². The van der Waals surface area contributed by atoms with E-state index in [0.717, 1.165) is 0 Å². The van der Waals surface area contributed by atoms with Gasteiger partial charge in [0.25, 0.3) is 0 Å². The average Bonchev–Trinajstić information content (AvgIpc) is 2.32. The molecule has 1 aromatic carbocycles. The zero-order valence-electron chi connectivity index (χ0n) is 8.48. The van der Waals surface area contributed by atoms with Crippen molar-refractivity contribution in [2.45, 2.75) is 0 Å². The zero-order valence-corrected chi connectivity index (χ0v) is 10.00. The highest BCUT2D eigenvalue weighted by molar-refractivity contribution is 6.33. The summed E-state index contributed by atoms with van der Waals surface area (Å²) in [6.45, 7) is 0. The summed E-state index contributed by atoms with van der Waals surface area (Å²) in [4.78, 5) is 7.90. The molecule has 0 aliphatic rings. The number of hydrogen-bond donors (Lipinski definition) is 1. The van der Waals surface area contributed by atoms with Crippen LogP contribution in [0.3, 0.4) is 0 Å². The number of nitrogens with one attached hydrogen (secondary N) is 1. The lowest BCUT2D eigenvalue weighted by Gasteiger charge is -2.07. The van der Waals surface area contributed by atoms with E-state index in [2.05, 4.69) is 15.3 Å². The molecule has 0 spiro atoms. The van der Waals surface area contributed by atoms with Crippen LogP contribution in [-0.4, -0.2) is 9.97 Å². The van der Waals surface area contributed by atoms with Crippen molar-refractivity contribution >= 4 is 34.7 Å². The van der Waals surface area contributed by atoms with Crippen molar-refractivity contribution in [3.05, 3.63) is 46.3 Å². The molecule has 1 N–H and O–H groups in total. The van der Waals surface area contributed by atoms with Gasteiger partial charge in [-0.3, -0.25) is 4.98 Å². The third-order valence-corrected chi connectivity index (χ3v) is 2.48. The SMILES string of the molecule is N#Cc1ccc(Cl)c(Nc2cncc(Cl)n2)c1. The Labute approximate surface area is 108 Å². The average molecular weight is 265 g/mol. The van der Waals surface area contributed by atoms with Gasteiger partial charge in [-0.1, -0.05) is 23.2 Å². The van der Waals surface area contributed by atoms with E-state index in [1.54, 1.807) is 18.2 Å². The number of aromatic nitrogens is 2. The van der Waals surface area contributed by atoms with Gasteiger partial charge in [0.05, 0.1) is 34.7 Å². The van der Waals surface area contributed by atoms with Gasteiger partial charge in [0.1, 0.15) is 5.15 Å². The van der Waals surface area contributed by atoms with Gasteiger partial charge in [-0.25, -0.2) is 4.98 Å². The summed E-state index contributed by atoms with van der Waals surface area (Å²) in [5.74, 6) is 0.467. The third kappa shape index (κ3) is 2.84. The molecule has 4 nitrogen and oxygen atoms in total. The predicted octanol–water partition coefficient (Wildman–Crippen LogP) is 3.40. The summed E-state index contributed by atoms with van der Waals surface area (Å²) in [6, 6.07) is 6.94. The van der Waals surface area contributed by atoms with Gasteiger partial charge in [0.15, 0.2) is 5.82 Å². The minimum Gasteiger partial charge on any atom is -0.338 e. The molecule has 0 fully saturated rings. The first-order valence-electron chi connectivity index (χ1n) is 4.63. The molecule has 0 unspecified atom stereocenters. The van der Waals surface area contributed by atoms with Crippen LogP contribution in [0.25, 0.3) is 0 Å². The summed E-state index contributed by atoms with van der Waals surface area (Å²) in [5.41, 5.74) is 1.09. The summed E-state index contributed by atoms with van der Waals surface area (Å²) in [5, 5.41) is 12.5. The molecule has 0 aliphatic heterocycles. The third-order valence-electron chi connectivity index (χ3n) is 1.96. The highest BCUT2D eigenvalue weighted by Crippen LogP contribution is 2.25. The van der Waals surface area contributed by atoms with Crippen molar-refractivity contribution in [1.82, 2.24) is 9.97 Å². The maximum Gasteiger partial charge on any atom is 0.150 e. The summed E-state index contributed by atoms with van der Waals surface area (Å²) >= 11 is 11.7. The van der Waals surface area contributed by atoms with Crippen LogP contribution in [0.1, 0.15) is 5.56 Å². The van der Waals surface area contributed by atoms with Crippen molar-refractivity contribution in [2.24, 2.45) is 0 Å². The summed E-state index contributed by atoms with van der Waals surface area (Å²) < 4.78 is 0. The molecule has 1 aromatic heterocycles. The van der Waals surface area contributed by atoms with E-state index in [1.165, 1.54) is 12.4 Å². The minimum atomic E-state index is 0.280. The standard InChI is InChI=1S/C11H6Cl2N4/c12-8-2-1-7(4-14)3-9(8)16-11-6-15-5-10(13)17-11/h1-3,5-6H,(H,16,17). The predicted molar refractivity (Wildman–Crippen MR) is 66.5 cm³/mol. The Morgan fingerprint density at radius 1 is 1.24 bits per heavy atom. The summed E-state index contributed by atoms with van der Waals surface area (Å²) in [7, 11) is 0. The fraction of sp³-hybridized carbons (Fsp3) is 0. The molecule has 2 aromatic rings. The number of anilines is 2. The lowest BCUT2D eigenvalue weighted by molar-refractivity contribution is 1.20. The van der Waals surface area contributed by atoms with Crippen LogP contribution in [0.15, 0.2) is 30.6 Å². The molecule has 0 saturated heterocycles. The molecule has 2 rings (SSSR count). The lowest BCUT2D eigenvalue weighted by atomic mass is 10.2. The first-order chi connectivity index (χ1) is 8.19. The van der Waals surface area contributed by atoms with Crippen molar-refractivity contribution in [3.63, 3.8) is 0 Å². The molecular weight excluding hydrogens is 259 g/mol. The monoisotopic (exact) mass is 264 g/mol. The van der Waals surface area contributed by atoms with E-state index in [4.69, 9.17) is 28.5 Å². The molecule has 84 valence electrons. The fourth-order valence-electron chi connectivity index (χ4n) is 1.23. The number of nitriles is 1. The van der Waals surface area contributed by atoms with Gasteiger partial charge in [-0.2, -0.15) is 5.26 Å². The van der Waals surface area contributed by atoms with Crippen molar-refractivity contribution in [3.8, 4) is 6.07 Å². The first kappa shape index (κ1) is 11.6. The Morgan fingerprint density at radius 2 is 2.06 bits per heavy atom. The molecule has 0 radical (unpaired) electrons. The molecule has 0 bridgehead atoms. The highest BCUT2D eigenvalue weighted by Gasteiger charge is 2.04. The largest absolute Gasteiger partial charge is 0.338 e. The second-order valence-electron chi connectivity index (χ2n) is 3.16. The number of rotatable bonds is 2. The van der Waals surface area contributed by atoms with Crippen LogP contribution in [0.2, 0.25) is 10.2 Å². The van der Waals surface area contributed by atoms with Crippen LogP contribution in [0.5, 0.6) is 0 Å². The van der Waals surface area contributed by atoms with Crippen LogP contribution < -0.4 is 5.32 Å². The Kier molecular flexibility index (Phi) is 3.43. The van der Waals surface area contributed by atoms with Crippen LogP contribution >= 0.6 is 23.2 Å². The Balaban J connectivity index is 2.33. The molecule has 0 amide bonds. The number of nitrogens with zero attached hydrogens (tertiary/aromatic N) is 3. The molecule has 0 aliphatic carbocycles. The van der Waals surface area contributed by atoms with Gasteiger partial charge >= 0.3 is 0 Å². The van der Waals surface area contributed by atoms with E-state index in [1.807, 2.05) is 6.07 Å². The van der Waals surface area contributed by atoms with E-state index in [0.29, 0.717) is 22.1 Å². The lowest BCUT2D eigenvalue weighted by Crippen LogP contribution is -1.95. The zero-order chi connectivity index (χ0) is 12.3. The first-order valence-corrected chi connectivity index (χ1v) is 5.39. The maximum atomic E-state index is 8.79. The molecule has 6 heteroatoms. The normalized spacial score (nSPS) is 9.71. The van der Waals surface area contributed by atoms with Crippen LogP contribution in [-0.2, 0) is 0 Å². The highest BCUT2D eigenvalue weighted by atomic mass is 35.5. The molecule has 0 atom stereocenters. The van der Waals surface area contributed by atoms with Crippen LogP contribution in [0, 0.1) is 11.3 Å². The maximum absolute atomic E-state index is 8.79. The van der Waals surface area contributed by atoms with Gasteiger partial charge < -0.3 is 5.32 Å². The van der Waals surface area contributed by atoms with Crippen molar-refractivity contribution in [1.29, 1.82) is 5.26 Å². The topological polar surface area (TPSA) is 61.6 Å². The smallest absolute Gasteiger partial charge is 0.150 e. The van der Waals surface area contributed by atoms with Gasteiger partial charge in [-0.15, -0.1) is 0 Å². The summed E-state index contributed by atoms with van der Waals surface area (Å²) in [6.07, 6.45) is 2.95. The second kappa shape index (κ2) is 5.00. The molecule has 0 saturated carbocycles. The van der Waals surface area contributed by atoms with E-state index < -0.39 is 0 Å².